The van der Waals surface area contributed by atoms with Gasteiger partial charge in [0.15, 0.2) is 17.0 Å². The molecular weight excluding hydrogens is 557 g/mol. The number of imidazole rings is 1. The predicted molar refractivity (Wildman–Crippen MR) is 160 cm³/mol. The van der Waals surface area contributed by atoms with E-state index in [2.05, 4.69) is 15.2 Å². The number of anilines is 2. The summed E-state index contributed by atoms with van der Waals surface area (Å²) in [4.78, 5) is 31.1. The second kappa shape index (κ2) is 12.4. The van der Waals surface area contributed by atoms with Gasteiger partial charge in [0.05, 0.1) is 12.9 Å². The van der Waals surface area contributed by atoms with E-state index in [0.29, 0.717) is 73.0 Å². The molecule has 5 aromatic rings. The largest absolute Gasteiger partial charge is 0.415 e. The highest BCUT2D eigenvalue weighted by Crippen LogP contribution is 2.26. The van der Waals surface area contributed by atoms with E-state index in [1.54, 1.807) is 35.5 Å². The van der Waals surface area contributed by atoms with Gasteiger partial charge in [-0.05, 0) is 47.9 Å². The number of amides is 1. The second-order valence-corrected chi connectivity index (χ2v) is 10.4. The number of fused-ring (bicyclic) bond motifs is 1. The first-order chi connectivity index (χ1) is 20.5. The Morgan fingerprint density at radius 3 is 2.52 bits per heavy atom. The fraction of sp³-hybridized carbons (Fsp3) is 0.226. The van der Waals surface area contributed by atoms with E-state index >= 15 is 0 Å². The van der Waals surface area contributed by atoms with Gasteiger partial charge >= 0.3 is 6.09 Å². The Balaban J connectivity index is 1.27. The van der Waals surface area contributed by atoms with Crippen LogP contribution in [0.1, 0.15) is 17.5 Å². The Labute approximate surface area is 247 Å². The van der Waals surface area contributed by atoms with Gasteiger partial charge in [-0.1, -0.05) is 60.1 Å². The molecule has 1 N–H and O–H groups in total. The van der Waals surface area contributed by atoms with Gasteiger partial charge in [0, 0.05) is 37.7 Å². The number of rotatable bonds is 7. The number of hydrogen-bond acceptors (Lipinski definition) is 7. The maximum Gasteiger partial charge on any atom is 0.415 e. The van der Waals surface area contributed by atoms with Crippen molar-refractivity contribution in [3.8, 4) is 5.75 Å². The number of halogens is 2. The minimum absolute atomic E-state index is 0.286. The van der Waals surface area contributed by atoms with E-state index in [1.165, 1.54) is 12.1 Å². The van der Waals surface area contributed by atoms with Crippen LogP contribution in [0.25, 0.3) is 11.2 Å². The Hall–Kier alpha value is -4.70. The lowest BCUT2D eigenvalue weighted by Gasteiger charge is -2.22. The number of ether oxygens (including phenoxy) is 1. The number of para-hydroxylation sites is 1. The molecule has 0 spiro atoms. The molecule has 0 radical (unpaired) electrons. The van der Waals surface area contributed by atoms with Crippen molar-refractivity contribution in [2.75, 3.05) is 36.4 Å². The summed E-state index contributed by atoms with van der Waals surface area (Å²) in [6.07, 6.45) is 2.08. The first-order valence-corrected chi connectivity index (χ1v) is 14.1. The summed E-state index contributed by atoms with van der Waals surface area (Å²) in [5.41, 5.74) is 3.13. The molecule has 6 rings (SSSR count). The molecular formula is C31H29ClFN7O2. The third-order valence-corrected chi connectivity index (χ3v) is 7.48. The van der Waals surface area contributed by atoms with E-state index in [4.69, 9.17) is 26.3 Å². The van der Waals surface area contributed by atoms with Gasteiger partial charge in [0.25, 0.3) is 0 Å². The molecule has 0 bridgehead atoms. The lowest BCUT2D eigenvalue weighted by molar-refractivity contribution is 0.155. The van der Waals surface area contributed by atoms with Crippen molar-refractivity contribution in [1.29, 1.82) is 0 Å². The number of aromatic nitrogens is 4. The molecule has 3 aromatic carbocycles. The van der Waals surface area contributed by atoms with E-state index in [-0.39, 0.29) is 11.9 Å². The van der Waals surface area contributed by atoms with Crippen LogP contribution in [0.2, 0.25) is 5.02 Å². The summed E-state index contributed by atoms with van der Waals surface area (Å²) in [5.74, 6) is 1.33. The van der Waals surface area contributed by atoms with Gasteiger partial charge < -0.3 is 24.4 Å². The zero-order chi connectivity index (χ0) is 28.9. The lowest BCUT2D eigenvalue weighted by atomic mass is 10.2. The van der Waals surface area contributed by atoms with Crippen LogP contribution < -0.4 is 15.0 Å². The topological polar surface area (TPSA) is 88.4 Å². The zero-order valence-corrected chi connectivity index (χ0v) is 23.5. The molecule has 9 nitrogen and oxygen atoms in total. The fourth-order valence-electron chi connectivity index (χ4n) is 4.87. The van der Waals surface area contributed by atoms with Crippen LogP contribution in [0.5, 0.6) is 5.75 Å². The molecule has 42 heavy (non-hydrogen) atoms. The zero-order valence-electron chi connectivity index (χ0n) is 22.8. The monoisotopic (exact) mass is 585 g/mol. The molecule has 0 saturated carbocycles. The smallest absolute Gasteiger partial charge is 0.410 e. The Morgan fingerprint density at radius 2 is 1.71 bits per heavy atom. The van der Waals surface area contributed by atoms with Crippen LogP contribution >= 0.6 is 11.6 Å². The van der Waals surface area contributed by atoms with E-state index in [1.807, 2.05) is 47.0 Å². The van der Waals surface area contributed by atoms with Crippen molar-refractivity contribution >= 4 is 40.6 Å². The van der Waals surface area contributed by atoms with Crippen molar-refractivity contribution in [1.82, 2.24) is 24.4 Å². The van der Waals surface area contributed by atoms with Crippen LogP contribution in [0.4, 0.5) is 21.0 Å². The molecule has 1 amide bonds. The highest BCUT2D eigenvalue weighted by Gasteiger charge is 2.24. The fourth-order valence-corrected chi connectivity index (χ4v) is 5.06. The van der Waals surface area contributed by atoms with Crippen molar-refractivity contribution in [2.45, 2.75) is 19.5 Å². The van der Waals surface area contributed by atoms with Crippen LogP contribution in [0.3, 0.4) is 0 Å². The van der Waals surface area contributed by atoms with Crippen LogP contribution in [-0.2, 0) is 13.1 Å². The number of nitrogens with zero attached hydrogens (tertiary/aromatic N) is 6. The van der Waals surface area contributed by atoms with Gasteiger partial charge in [0.1, 0.15) is 11.6 Å². The Kier molecular flexibility index (Phi) is 8.14. The summed E-state index contributed by atoms with van der Waals surface area (Å²) >= 11 is 6.46. The third-order valence-electron chi connectivity index (χ3n) is 7.11. The number of nitrogens with one attached hydrogen (secondary N) is 1. The molecule has 11 heteroatoms. The molecule has 3 heterocycles. The third kappa shape index (κ3) is 6.28. The van der Waals surface area contributed by atoms with Gasteiger partial charge in [-0.2, -0.15) is 9.97 Å². The maximum atomic E-state index is 13.4. The van der Waals surface area contributed by atoms with E-state index in [9.17, 15) is 9.18 Å². The summed E-state index contributed by atoms with van der Waals surface area (Å²) < 4.78 is 21.0. The first kappa shape index (κ1) is 27.5. The maximum absolute atomic E-state index is 13.4. The van der Waals surface area contributed by atoms with E-state index in [0.717, 1.165) is 17.5 Å². The van der Waals surface area contributed by atoms with Crippen LogP contribution in [-0.4, -0.2) is 56.7 Å². The highest BCUT2D eigenvalue weighted by atomic mass is 35.5. The molecule has 1 saturated heterocycles. The minimum Gasteiger partial charge on any atom is -0.410 e. The van der Waals surface area contributed by atoms with Gasteiger partial charge in [-0.3, -0.25) is 0 Å². The molecule has 2 aromatic heterocycles. The number of hydrogen-bond donors (Lipinski definition) is 1. The van der Waals surface area contributed by atoms with Gasteiger partial charge in [-0.25, -0.2) is 14.2 Å². The minimum atomic E-state index is -0.376. The SMILES string of the molecule is O=C(Oc1ccccc1)N1CCCN(c2nc(NCc3ccc(F)cc3)c3ncn(Cc4ccccc4Cl)c3n2)CC1. The van der Waals surface area contributed by atoms with Crippen molar-refractivity contribution in [2.24, 2.45) is 0 Å². The predicted octanol–water partition coefficient (Wildman–Crippen LogP) is 5.99. The number of carbonyl (C=O) groups is 1. The van der Waals surface area contributed by atoms with Gasteiger partial charge in [0.2, 0.25) is 5.95 Å². The van der Waals surface area contributed by atoms with Crippen LogP contribution in [0.15, 0.2) is 85.2 Å². The first-order valence-electron chi connectivity index (χ1n) is 13.7. The average molecular weight is 586 g/mol. The normalized spacial score (nSPS) is 13.7. The highest BCUT2D eigenvalue weighted by molar-refractivity contribution is 6.31. The molecule has 0 atom stereocenters. The summed E-state index contributed by atoms with van der Waals surface area (Å²) in [6.45, 7) is 3.14. The quantitative estimate of drug-likeness (QED) is 0.251. The summed E-state index contributed by atoms with van der Waals surface area (Å²) in [5, 5.41) is 4.04. The second-order valence-electron chi connectivity index (χ2n) is 10.00. The Bertz CT molecular complexity index is 1680. The summed E-state index contributed by atoms with van der Waals surface area (Å²) in [6, 6.07) is 23.1. The Morgan fingerprint density at radius 1 is 0.929 bits per heavy atom. The number of benzene rings is 3. The van der Waals surface area contributed by atoms with Crippen LogP contribution in [0, 0.1) is 5.82 Å². The average Bonchev–Trinajstić information content (AvgIpc) is 3.24. The summed E-state index contributed by atoms with van der Waals surface area (Å²) in [7, 11) is 0. The lowest BCUT2D eigenvalue weighted by Crippen LogP contribution is -2.37. The molecule has 0 aliphatic carbocycles. The molecule has 1 fully saturated rings. The molecule has 1 aliphatic rings. The van der Waals surface area contributed by atoms with Crippen molar-refractivity contribution in [3.05, 3.63) is 107 Å². The standard InChI is InChI=1S/C31H29ClFN7O2/c32-26-10-5-4-7-23(26)20-40-21-35-27-28(34-19-22-11-13-24(33)14-12-22)36-30(37-29(27)40)38-15-6-16-39(18-17-38)31(41)42-25-8-2-1-3-9-25/h1-5,7-14,21H,6,15-20H2,(H,34,36,37). The molecule has 214 valence electrons. The van der Waals surface area contributed by atoms with Crippen molar-refractivity contribution < 1.29 is 13.9 Å². The number of carbonyl (C=O) groups excluding carboxylic acids is 1. The molecule has 1 aliphatic heterocycles. The van der Waals surface area contributed by atoms with E-state index < -0.39 is 0 Å². The van der Waals surface area contributed by atoms with Gasteiger partial charge in [-0.15, -0.1) is 0 Å². The molecule has 0 unspecified atom stereocenters. The van der Waals surface area contributed by atoms with Crippen molar-refractivity contribution in [3.63, 3.8) is 0 Å².